The fourth-order valence-corrected chi connectivity index (χ4v) is 1.95. The number of rotatable bonds is 3. The van der Waals surface area contributed by atoms with Gasteiger partial charge in [0.05, 0.1) is 24.0 Å². The van der Waals surface area contributed by atoms with Crippen molar-refractivity contribution in [1.82, 2.24) is 0 Å². The number of carbonyl (C=O) groups is 1. The average molecular weight is 270 g/mol. The summed E-state index contributed by atoms with van der Waals surface area (Å²) >= 11 is 0. The van der Waals surface area contributed by atoms with Crippen LogP contribution in [-0.4, -0.2) is 13.1 Å². The first-order valence-corrected chi connectivity index (χ1v) is 6.34. The summed E-state index contributed by atoms with van der Waals surface area (Å²) in [5.74, 6) is -0.413. The van der Waals surface area contributed by atoms with Crippen molar-refractivity contribution in [1.29, 1.82) is 0 Å². The molecule has 0 spiro atoms. The fraction of sp³-hybridized carbons (Fsp3) is 0.188. The molecule has 0 aliphatic carbocycles. The number of para-hydroxylation sites is 1. The SMILES string of the molecule is COC(=O)c1cccc(N)c1Nc1ccc(C)c(C)c1. The molecule has 0 aromatic heterocycles. The highest BCUT2D eigenvalue weighted by Gasteiger charge is 2.14. The first kappa shape index (κ1) is 13.9. The molecule has 4 heteroatoms. The minimum atomic E-state index is -0.413. The average Bonchev–Trinajstić information content (AvgIpc) is 2.44. The zero-order chi connectivity index (χ0) is 14.7. The van der Waals surface area contributed by atoms with E-state index in [1.165, 1.54) is 18.2 Å². The number of methoxy groups -OCH3 is 1. The van der Waals surface area contributed by atoms with Gasteiger partial charge in [-0.2, -0.15) is 0 Å². The summed E-state index contributed by atoms with van der Waals surface area (Å²) in [6.07, 6.45) is 0. The minimum absolute atomic E-state index is 0.413. The lowest BCUT2D eigenvalue weighted by molar-refractivity contribution is 0.0602. The lowest BCUT2D eigenvalue weighted by Crippen LogP contribution is -2.08. The van der Waals surface area contributed by atoms with E-state index < -0.39 is 5.97 Å². The molecule has 2 aromatic rings. The Bertz CT molecular complexity index is 651. The van der Waals surface area contributed by atoms with Gasteiger partial charge >= 0.3 is 5.97 Å². The van der Waals surface area contributed by atoms with Crippen LogP contribution >= 0.6 is 0 Å². The van der Waals surface area contributed by atoms with Gasteiger partial charge in [-0.3, -0.25) is 0 Å². The number of hydrogen-bond acceptors (Lipinski definition) is 4. The van der Waals surface area contributed by atoms with E-state index in [1.807, 2.05) is 25.1 Å². The quantitative estimate of drug-likeness (QED) is 0.662. The van der Waals surface area contributed by atoms with Crippen molar-refractivity contribution >= 4 is 23.0 Å². The third-order valence-corrected chi connectivity index (χ3v) is 3.28. The third kappa shape index (κ3) is 2.74. The molecule has 0 unspecified atom stereocenters. The maximum atomic E-state index is 11.8. The van der Waals surface area contributed by atoms with E-state index in [2.05, 4.69) is 12.2 Å². The lowest BCUT2D eigenvalue weighted by atomic mass is 10.1. The Morgan fingerprint density at radius 3 is 2.55 bits per heavy atom. The molecule has 0 radical (unpaired) electrons. The molecule has 0 amide bonds. The van der Waals surface area contributed by atoms with Crippen LogP contribution < -0.4 is 11.1 Å². The van der Waals surface area contributed by atoms with Crippen molar-refractivity contribution in [3.05, 3.63) is 53.1 Å². The van der Waals surface area contributed by atoms with E-state index in [9.17, 15) is 4.79 Å². The van der Waals surface area contributed by atoms with Gasteiger partial charge in [-0.25, -0.2) is 4.79 Å². The molecule has 0 saturated heterocycles. The molecular formula is C16H18N2O2. The van der Waals surface area contributed by atoms with Gasteiger partial charge in [0.25, 0.3) is 0 Å². The standard InChI is InChI=1S/C16H18N2O2/c1-10-7-8-12(9-11(10)2)18-15-13(16(19)20-3)5-4-6-14(15)17/h4-9,18H,17H2,1-3H3. The molecule has 20 heavy (non-hydrogen) atoms. The minimum Gasteiger partial charge on any atom is -0.465 e. The van der Waals surface area contributed by atoms with Crippen LogP contribution in [0.25, 0.3) is 0 Å². The molecule has 3 N–H and O–H groups in total. The summed E-state index contributed by atoms with van der Waals surface area (Å²) in [5.41, 5.74) is 10.7. The van der Waals surface area contributed by atoms with Crippen LogP contribution in [0.15, 0.2) is 36.4 Å². The van der Waals surface area contributed by atoms with Crippen LogP contribution in [0.2, 0.25) is 0 Å². The zero-order valence-corrected chi connectivity index (χ0v) is 11.9. The zero-order valence-electron chi connectivity index (χ0n) is 11.9. The molecular weight excluding hydrogens is 252 g/mol. The predicted molar refractivity (Wildman–Crippen MR) is 81.4 cm³/mol. The summed E-state index contributed by atoms with van der Waals surface area (Å²) < 4.78 is 4.78. The Balaban J connectivity index is 2.42. The van der Waals surface area contributed by atoms with E-state index in [4.69, 9.17) is 10.5 Å². The van der Waals surface area contributed by atoms with Crippen LogP contribution in [0, 0.1) is 13.8 Å². The van der Waals surface area contributed by atoms with Crippen molar-refractivity contribution in [2.75, 3.05) is 18.2 Å². The number of nitrogen functional groups attached to an aromatic ring is 1. The van der Waals surface area contributed by atoms with E-state index in [-0.39, 0.29) is 0 Å². The van der Waals surface area contributed by atoms with Crippen molar-refractivity contribution in [3.63, 3.8) is 0 Å². The Kier molecular flexibility index (Phi) is 3.94. The summed E-state index contributed by atoms with van der Waals surface area (Å²) in [5, 5.41) is 3.20. The Labute approximate surface area is 118 Å². The van der Waals surface area contributed by atoms with Gasteiger partial charge in [-0.1, -0.05) is 12.1 Å². The molecule has 104 valence electrons. The number of esters is 1. The van der Waals surface area contributed by atoms with Crippen molar-refractivity contribution < 1.29 is 9.53 Å². The van der Waals surface area contributed by atoms with Gasteiger partial charge in [0.2, 0.25) is 0 Å². The maximum absolute atomic E-state index is 11.8. The Hall–Kier alpha value is -2.49. The molecule has 4 nitrogen and oxygen atoms in total. The second-order valence-corrected chi connectivity index (χ2v) is 4.69. The first-order chi connectivity index (χ1) is 9.52. The van der Waals surface area contributed by atoms with Crippen LogP contribution in [0.3, 0.4) is 0 Å². The van der Waals surface area contributed by atoms with Crippen molar-refractivity contribution in [3.8, 4) is 0 Å². The van der Waals surface area contributed by atoms with Gasteiger partial charge < -0.3 is 15.8 Å². The highest BCUT2D eigenvalue weighted by molar-refractivity contribution is 5.99. The summed E-state index contributed by atoms with van der Waals surface area (Å²) in [6.45, 7) is 4.09. The number of nitrogens with one attached hydrogen (secondary N) is 1. The van der Waals surface area contributed by atoms with Crippen LogP contribution in [0.5, 0.6) is 0 Å². The molecule has 0 bridgehead atoms. The summed E-state index contributed by atoms with van der Waals surface area (Å²) in [4.78, 5) is 11.8. The Morgan fingerprint density at radius 2 is 1.90 bits per heavy atom. The second kappa shape index (κ2) is 5.65. The highest BCUT2D eigenvalue weighted by Crippen LogP contribution is 2.28. The number of carbonyl (C=O) groups excluding carboxylic acids is 1. The van der Waals surface area contributed by atoms with Gasteiger partial charge in [-0.05, 0) is 49.2 Å². The van der Waals surface area contributed by atoms with Crippen LogP contribution in [-0.2, 0) is 4.74 Å². The van der Waals surface area contributed by atoms with Gasteiger partial charge in [0, 0.05) is 5.69 Å². The van der Waals surface area contributed by atoms with E-state index in [0.717, 1.165) is 5.69 Å². The smallest absolute Gasteiger partial charge is 0.340 e. The molecule has 0 aliphatic heterocycles. The largest absolute Gasteiger partial charge is 0.465 e. The molecule has 0 atom stereocenters. The maximum Gasteiger partial charge on any atom is 0.340 e. The number of nitrogens with two attached hydrogens (primary N) is 1. The number of anilines is 3. The summed E-state index contributed by atoms with van der Waals surface area (Å²) in [6, 6.07) is 11.2. The van der Waals surface area contributed by atoms with E-state index >= 15 is 0 Å². The number of hydrogen-bond donors (Lipinski definition) is 2. The highest BCUT2D eigenvalue weighted by atomic mass is 16.5. The summed E-state index contributed by atoms with van der Waals surface area (Å²) in [7, 11) is 1.35. The monoisotopic (exact) mass is 270 g/mol. The van der Waals surface area contributed by atoms with Gasteiger partial charge in [0.15, 0.2) is 0 Å². The normalized spacial score (nSPS) is 10.2. The fourth-order valence-electron chi connectivity index (χ4n) is 1.95. The molecule has 2 aromatic carbocycles. The lowest BCUT2D eigenvalue weighted by Gasteiger charge is -2.14. The van der Waals surface area contributed by atoms with Crippen molar-refractivity contribution in [2.24, 2.45) is 0 Å². The predicted octanol–water partition coefficient (Wildman–Crippen LogP) is 3.42. The number of ether oxygens (including phenoxy) is 1. The van der Waals surface area contributed by atoms with Crippen molar-refractivity contribution in [2.45, 2.75) is 13.8 Å². The second-order valence-electron chi connectivity index (χ2n) is 4.69. The molecule has 0 heterocycles. The Morgan fingerprint density at radius 1 is 1.15 bits per heavy atom. The number of aryl methyl sites for hydroxylation is 2. The van der Waals surface area contributed by atoms with Crippen LogP contribution in [0.1, 0.15) is 21.5 Å². The van der Waals surface area contributed by atoms with E-state index in [1.54, 1.807) is 18.2 Å². The molecule has 0 saturated carbocycles. The molecule has 2 rings (SSSR count). The van der Waals surface area contributed by atoms with Crippen LogP contribution in [0.4, 0.5) is 17.1 Å². The molecule has 0 fully saturated rings. The van der Waals surface area contributed by atoms with Gasteiger partial charge in [0.1, 0.15) is 0 Å². The first-order valence-electron chi connectivity index (χ1n) is 6.34. The van der Waals surface area contributed by atoms with E-state index in [0.29, 0.717) is 16.9 Å². The molecule has 0 aliphatic rings. The number of benzene rings is 2. The topological polar surface area (TPSA) is 64.3 Å². The van der Waals surface area contributed by atoms with Gasteiger partial charge in [-0.15, -0.1) is 0 Å². The third-order valence-electron chi connectivity index (χ3n) is 3.28.